The van der Waals surface area contributed by atoms with Gasteiger partial charge in [-0.05, 0) is 30.4 Å². The van der Waals surface area contributed by atoms with Gasteiger partial charge in [-0.2, -0.15) is 0 Å². The molecule has 1 aromatic rings. The van der Waals surface area contributed by atoms with Crippen LogP contribution in [0.1, 0.15) is 26.0 Å². The van der Waals surface area contributed by atoms with E-state index >= 15 is 0 Å². The normalized spacial score (nSPS) is 20.7. The van der Waals surface area contributed by atoms with Gasteiger partial charge in [0.15, 0.2) is 5.84 Å². The minimum Gasteiger partial charge on any atom is -0.409 e. The SMILES string of the molecule is CC(C)C1CCN(c2ccnc(/C(N)=N/O)c2)C1. The monoisotopic (exact) mass is 248 g/mol. The Morgan fingerprint density at radius 2 is 2.39 bits per heavy atom. The fraction of sp³-hybridized carbons (Fsp3) is 0.538. The summed E-state index contributed by atoms with van der Waals surface area (Å²) in [5.74, 6) is 1.50. The molecule has 1 aliphatic heterocycles. The maximum absolute atomic E-state index is 8.67. The number of pyridine rings is 1. The minimum absolute atomic E-state index is 0.0523. The molecule has 0 radical (unpaired) electrons. The lowest BCUT2D eigenvalue weighted by Gasteiger charge is -2.20. The molecule has 5 nitrogen and oxygen atoms in total. The topological polar surface area (TPSA) is 74.7 Å². The Morgan fingerprint density at radius 1 is 1.61 bits per heavy atom. The summed E-state index contributed by atoms with van der Waals surface area (Å²) in [6.45, 7) is 6.66. The number of hydrogen-bond donors (Lipinski definition) is 2. The van der Waals surface area contributed by atoms with Crippen molar-refractivity contribution in [1.82, 2.24) is 4.98 Å². The van der Waals surface area contributed by atoms with Gasteiger partial charge in [-0.25, -0.2) is 0 Å². The molecule has 1 atom stereocenters. The summed E-state index contributed by atoms with van der Waals surface area (Å²) in [6, 6.07) is 3.84. The predicted molar refractivity (Wildman–Crippen MR) is 71.9 cm³/mol. The number of aromatic nitrogens is 1. The highest BCUT2D eigenvalue weighted by Gasteiger charge is 2.25. The Balaban J connectivity index is 2.15. The first-order valence-electron chi connectivity index (χ1n) is 6.30. The standard InChI is InChI=1S/C13H20N4O/c1-9(2)10-4-6-17(8-10)11-3-5-15-12(7-11)13(14)16-18/h3,5,7,9-10,18H,4,6,8H2,1-2H3,(H2,14,16). The van der Waals surface area contributed by atoms with Crippen molar-refractivity contribution in [3.05, 3.63) is 24.0 Å². The van der Waals surface area contributed by atoms with Crippen molar-refractivity contribution < 1.29 is 5.21 Å². The van der Waals surface area contributed by atoms with Crippen LogP contribution in [-0.4, -0.2) is 29.1 Å². The third-order valence-corrected chi connectivity index (χ3v) is 3.65. The van der Waals surface area contributed by atoms with Crippen molar-refractivity contribution in [2.24, 2.45) is 22.7 Å². The molecule has 98 valence electrons. The summed E-state index contributed by atoms with van der Waals surface area (Å²) in [4.78, 5) is 6.43. The largest absolute Gasteiger partial charge is 0.409 e. The van der Waals surface area contributed by atoms with Crippen LogP contribution in [0, 0.1) is 11.8 Å². The molecule has 0 bridgehead atoms. The maximum atomic E-state index is 8.67. The van der Waals surface area contributed by atoms with E-state index < -0.39 is 0 Å². The fourth-order valence-electron chi connectivity index (χ4n) is 2.37. The van der Waals surface area contributed by atoms with Crippen molar-refractivity contribution in [2.75, 3.05) is 18.0 Å². The summed E-state index contributed by atoms with van der Waals surface area (Å²) in [5.41, 5.74) is 7.17. The van der Waals surface area contributed by atoms with Gasteiger partial charge in [0.25, 0.3) is 0 Å². The molecule has 5 heteroatoms. The lowest BCUT2D eigenvalue weighted by Crippen LogP contribution is -2.22. The highest BCUT2D eigenvalue weighted by Crippen LogP contribution is 2.28. The number of nitrogens with two attached hydrogens (primary N) is 1. The molecule has 1 aliphatic rings. The van der Waals surface area contributed by atoms with Crippen molar-refractivity contribution >= 4 is 11.5 Å². The minimum atomic E-state index is 0.0523. The highest BCUT2D eigenvalue weighted by atomic mass is 16.4. The van der Waals surface area contributed by atoms with Crippen molar-refractivity contribution in [3.63, 3.8) is 0 Å². The number of anilines is 1. The van der Waals surface area contributed by atoms with E-state index in [2.05, 4.69) is 28.9 Å². The first-order chi connectivity index (χ1) is 8.61. The van der Waals surface area contributed by atoms with E-state index in [9.17, 15) is 0 Å². The first kappa shape index (κ1) is 12.7. The van der Waals surface area contributed by atoms with Gasteiger partial charge >= 0.3 is 0 Å². The molecular weight excluding hydrogens is 228 g/mol. The average Bonchev–Trinajstić information content (AvgIpc) is 2.88. The van der Waals surface area contributed by atoms with Gasteiger partial charge in [-0.3, -0.25) is 4.98 Å². The van der Waals surface area contributed by atoms with Gasteiger partial charge in [0.2, 0.25) is 0 Å². The van der Waals surface area contributed by atoms with Crippen LogP contribution < -0.4 is 10.6 Å². The zero-order chi connectivity index (χ0) is 13.1. The second kappa shape index (κ2) is 5.25. The van der Waals surface area contributed by atoms with Crippen LogP contribution in [-0.2, 0) is 0 Å². The number of nitrogens with zero attached hydrogens (tertiary/aromatic N) is 3. The molecule has 0 spiro atoms. The van der Waals surface area contributed by atoms with Gasteiger partial charge in [-0.15, -0.1) is 0 Å². The Bertz CT molecular complexity index is 444. The number of hydrogen-bond acceptors (Lipinski definition) is 4. The molecule has 1 unspecified atom stereocenters. The van der Waals surface area contributed by atoms with E-state index in [-0.39, 0.29) is 5.84 Å². The van der Waals surface area contributed by atoms with E-state index in [1.165, 1.54) is 6.42 Å². The van der Waals surface area contributed by atoms with Crippen LogP contribution in [0.25, 0.3) is 0 Å². The molecule has 18 heavy (non-hydrogen) atoms. The Labute approximate surface area is 107 Å². The summed E-state index contributed by atoms with van der Waals surface area (Å²) in [7, 11) is 0. The molecule has 0 saturated carbocycles. The number of amidine groups is 1. The number of oxime groups is 1. The van der Waals surface area contributed by atoms with E-state index in [1.54, 1.807) is 6.20 Å². The summed E-state index contributed by atoms with van der Waals surface area (Å²) in [6.07, 6.45) is 2.92. The van der Waals surface area contributed by atoms with Crippen LogP contribution in [0.15, 0.2) is 23.5 Å². The summed E-state index contributed by atoms with van der Waals surface area (Å²) >= 11 is 0. The maximum Gasteiger partial charge on any atom is 0.188 e. The van der Waals surface area contributed by atoms with Crippen LogP contribution in [0.4, 0.5) is 5.69 Å². The van der Waals surface area contributed by atoms with E-state index in [4.69, 9.17) is 10.9 Å². The predicted octanol–water partition coefficient (Wildman–Crippen LogP) is 1.66. The van der Waals surface area contributed by atoms with Crippen molar-refractivity contribution in [1.29, 1.82) is 0 Å². The van der Waals surface area contributed by atoms with Gasteiger partial charge in [0.05, 0.1) is 0 Å². The lowest BCUT2D eigenvalue weighted by molar-refractivity contribution is 0.318. The zero-order valence-electron chi connectivity index (χ0n) is 10.9. The second-order valence-corrected chi connectivity index (χ2v) is 5.12. The van der Waals surface area contributed by atoms with E-state index in [1.807, 2.05) is 12.1 Å². The lowest BCUT2D eigenvalue weighted by atomic mass is 9.95. The van der Waals surface area contributed by atoms with Gasteiger partial charge < -0.3 is 15.8 Å². The smallest absolute Gasteiger partial charge is 0.188 e. The van der Waals surface area contributed by atoms with Crippen LogP contribution in [0.2, 0.25) is 0 Å². The van der Waals surface area contributed by atoms with Crippen molar-refractivity contribution in [2.45, 2.75) is 20.3 Å². The quantitative estimate of drug-likeness (QED) is 0.369. The molecule has 2 rings (SSSR count). The third kappa shape index (κ3) is 2.55. The Kier molecular flexibility index (Phi) is 3.69. The van der Waals surface area contributed by atoms with Crippen LogP contribution in [0.5, 0.6) is 0 Å². The molecule has 1 saturated heterocycles. The first-order valence-corrected chi connectivity index (χ1v) is 6.30. The number of rotatable bonds is 3. The molecule has 0 aliphatic carbocycles. The second-order valence-electron chi connectivity index (χ2n) is 5.12. The average molecular weight is 248 g/mol. The third-order valence-electron chi connectivity index (χ3n) is 3.65. The molecular formula is C13H20N4O. The Hall–Kier alpha value is -1.78. The van der Waals surface area contributed by atoms with Gasteiger partial charge in [-0.1, -0.05) is 19.0 Å². The van der Waals surface area contributed by atoms with Crippen molar-refractivity contribution in [3.8, 4) is 0 Å². The summed E-state index contributed by atoms with van der Waals surface area (Å²) < 4.78 is 0. The molecule has 1 fully saturated rings. The molecule has 3 N–H and O–H groups in total. The van der Waals surface area contributed by atoms with E-state index in [0.29, 0.717) is 11.6 Å². The Morgan fingerprint density at radius 3 is 3.00 bits per heavy atom. The zero-order valence-corrected chi connectivity index (χ0v) is 10.9. The van der Waals surface area contributed by atoms with E-state index in [0.717, 1.165) is 24.7 Å². The van der Waals surface area contributed by atoms with Gasteiger partial charge in [0, 0.05) is 25.0 Å². The molecule has 0 amide bonds. The van der Waals surface area contributed by atoms with Gasteiger partial charge in [0.1, 0.15) is 5.69 Å². The molecule has 0 aromatic carbocycles. The fourth-order valence-corrected chi connectivity index (χ4v) is 2.37. The van der Waals surface area contributed by atoms with Crippen LogP contribution in [0.3, 0.4) is 0 Å². The highest BCUT2D eigenvalue weighted by molar-refractivity contribution is 5.95. The molecule has 1 aromatic heterocycles. The molecule has 2 heterocycles. The summed E-state index contributed by atoms with van der Waals surface area (Å²) in [5, 5.41) is 11.7. The van der Waals surface area contributed by atoms with Crippen LogP contribution >= 0.6 is 0 Å².